The molecule has 19 heteroatoms. The van der Waals surface area contributed by atoms with Crippen molar-refractivity contribution in [1.82, 2.24) is 5.32 Å². The third-order valence-corrected chi connectivity index (χ3v) is 7.69. The van der Waals surface area contributed by atoms with Crippen LogP contribution in [0.4, 0.5) is 0 Å². The lowest BCUT2D eigenvalue weighted by atomic mass is 9.90. The van der Waals surface area contributed by atoms with E-state index in [0.29, 0.717) is 0 Å². The summed E-state index contributed by atoms with van der Waals surface area (Å²) < 4.78 is 32.8. The van der Waals surface area contributed by atoms with E-state index in [4.69, 9.17) is 28.4 Å². The molecule has 19 nitrogen and oxygen atoms in total. The van der Waals surface area contributed by atoms with Gasteiger partial charge in [-0.25, -0.2) is 4.79 Å². The van der Waals surface area contributed by atoms with E-state index in [-0.39, 0.29) is 0 Å². The molecule has 0 saturated carbocycles. The van der Waals surface area contributed by atoms with Gasteiger partial charge in [0.15, 0.2) is 12.6 Å². The molecule has 4 saturated heterocycles. The van der Waals surface area contributed by atoms with E-state index in [9.17, 15) is 60.7 Å². The second kappa shape index (κ2) is 13.1. The van der Waals surface area contributed by atoms with Gasteiger partial charge in [-0.1, -0.05) is 0 Å². The lowest BCUT2D eigenvalue weighted by Gasteiger charge is -2.48. The maximum Gasteiger partial charge on any atom is 0.367 e. The van der Waals surface area contributed by atoms with E-state index in [2.05, 4.69) is 5.32 Å². The molecule has 0 aliphatic carbocycles. The van der Waals surface area contributed by atoms with Gasteiger partial charge < -0.3 is 84.8 Å². The van der Waals surface area contributed by atoms with Crippen molar-refractivity contribution in [3.05, 3.63) is 0 Å². The van der Waals surface area contributed by atoms with Crippen molar-refractivity contribution in [2.75, 3.05) is 19.8 Å². The molecule has 11 N–H and O–H groups in total. The van der Waals surface area contributed by atoms with Gasteiger partial charge in [-0.2, -0.15) is 0 Å². The molecule has 0 aromatic heterocycles. The van der Waals surface area contributed by atoms with E-state index in [1.807, 2.05) is 0 Å². The van der Waals surface area contributed by atoms with E-state index < -0.39 is 136 Å². The number of rotatable bonds is 10. The summed E-state index contributed by atoms with van der Waals surface area (Å²) in [7, 11) is 0. The normalized spacial score (nSPS) is 47.0. The Hall–Kier alpha value is -1.66. The molecule has 4 rings (SSSR count). The zero-order chi connectivity index (χ0) is 31.1. The van der Waals surface area contributed by atoms with Crippen LogP contribution in [0.3, 0.4) is 0 Å². The van der Waals surface area contributed by atoms with Gasteiger partial charge in [0.05, 0.1) is 32.3 Å². The average molecular weight is 616 g/mol. The van der Waals surface area contributed by atoms with Gasteiger partial charge in [0.25, 0.3) is 5.79 Å². The molecule has 0 spiro atoms. The van der Waals surface area contributed by atoms with Crippen LogP contribution in [0.1, 0.15) is 13.3 Å². The fraction of sp³-hybridized carbons (Fsp3) is 0.913. The third kappa shape index (κ3) is 6.14. The second-order valence-electron chi connectivity index (χ2n) is 10.6. The summed E-state index contributed by atoms with van der Waals surface area (Å²) in [6.45, 7) is -1.48. The molecule has 4 aliphatic heterocycles. The Bertz CT molecular complexity index is 956. The molecule has 16 atom stereocenters. The number of aliphatic hydroxyl groups is 10. The van der Waals surface area contributed by atoms with Gasteiger partial charge >= 0.3 is 5.97 Å². The van der Waals surface area contributed by atoms with Crippen LogP contribution >= 0.6 is 0 Å². The molecule has 42 heavy (non-hydrogen) atoms. The maximum absolute atomic E-state index is 13.1. The fourth-order valence-electron chi connectivity index (χ4n) is 5.48. The van der Waals surface area contributed by atoms with Gasteiger partial charge in [-0.15, -0.1) is 0 Å². The third-order valence-electron chi connectivity index (χ3n) is 7.69. The number of nitrogens with one attached hydrogen (secondary N) is 1. The van der Waals surface area contributed by atoms with E-state index in [1.165, 1.54) is 0 Å². The first-order valence-electron chi connectivity index (χ1n) is 13.2. The van der Waals surface area contributed by atoms with Crippen molar-refractivity contribution in [2.45, 2.75) is 111 Å². The van der Waals surface area contributed by atoms with Crippen molar-refractivity contribution >= 4 is 11.9 Å². The van der Waals surface area contributed by atoms with Crippen LogP contribution in [0.25, 0.3) is 0 Å². The Morgan fingerprint density at radius 1 is 0.976 bits per heavy atom. The van der Waals surface area contributed by atoms with Gasteiger partial charge in [-0.05, 0) is 0 Å². The second-order valence-corrected chi connectivity index (χ2v) is 10.6. The maximum atomic E-state index is 13.1. The summed E-state index contributed by atoms with van der Waals surface area (Å²) in [6, 6.07) is -1.21. The largest absolute Gasteiger partial charge is 0.456 e. The fourth-order valence-corrected chi connectivity index (χ4v) is 5.48. The predicted octanol–water partition coefficient (Wildman–Crippen LogP) is -7.74. The lowest BCUT2D eigenvalue weighted by Crippen LogP contribution is -2.68. The number of aliphatic hydroxyl groups excluding tert-OH is 10. The number of hydrogen-bond donors (Lipinski definition) is 11. The topological polar surface area (TPSA) is 304 Å². The van der Waals surface area contributed by atoms with Gasteiger partial charge in [0.2, 0.25) is 5.91 Å². The van der Waals surface area contributed by atoms with Crippen LogP contribution in [0.5, 0.6) is 0 Å². The molecule has 2 bridgehead atoms. The zero-order valence-electron chi connectivity index (χ0n) is 22.2. The first-order chi connectivity index (χ1) is 19.8. The quantitative estimate of drug-likeness (QED) is 0.102. The summed E-state index contributed by atoms with van der Waals surface area (Å²) in [4.78, 5) is 24.9. The Labute approximate surface area is 237 Å². The molecule has 1 amide bonds. The molecule has 0 aromatic rings. The highest BCUT2D eigenvalue weighted by molar-refractivity contribution is 5.81. The first kappa shape index (κ1) is 33.2. The molecule has 4 fully saturated rings. The minimum absolute atomic E-state index is 0.437. The SMILES string of the molecule is CC(=O)N[C@H]1[C@H]([C@@H](O)[C@H](O)CO)O[C@]2(O[C@H]3[C@@H](O)[C@@H](CO)O[C@@H](O[C@H]4[C@H](O)[C@@H](O)[C@H](O)O[C@@H]4CO)[C@@H]3O)C[C@@H]1OC2=O. The number of esters is 1. The smallest absolute Gasteiger partial charge is 0.367 e. The zero-order valence-corrected chi connectivity index (χ0v) is 22.2. The van der Waals surface area contributed by atoms with Gasteiger partial charge in [0, 0.05) is 6.92 Å². The van der Waals surface area contributed by atoms with Crippen LogP contribution in [-0.4, -0.2) is 180 Å². The van der Waals surface area contributed by atoms with Crippen LogP contribution in [0, 0.1) is 0 Å². The molecule has 0 aromatic carbocycles. The van der Waals surface area contributed by atoms with Crippen LogP contribution < -0.4 is 5.32 Å². The van der Waals surface area contributed by atoms with Crippen LogP contribution in [-0.2, 0) is 38.0 Å². The number of fused-ring (bicyclic) bond motifs is 2. The summed E-state index contributed by atoms with van der Waals surface area (Å²) in [5.74, 6) is -4.24. The van der Waals surface area contributed by atoms with Crippen molar-refractivity contribution in [1.29, 1.82) is 0 Å². The summed E-state index contributed by atoms with van der Waals surface area (Å²) in [5, 5.41) is 104. The average Bonchev–Trinajstić information content (AvgIpc) is 3.23. The highest BCUT2D eigenvalue weighted by Crippen LogP contribution is 2.43. The summed E-state index contributed by atoms with van der Waals surface area (Å²) in [6.07, 6.45) is -24.7. The van der Waals surface area contributed by atoms with Crippen molar-refractivity contribution in [3.63, 3.8) is 0 Å². The van der Waals surface area contributed by atoms with Gasteiger partial charge in [-0.3, -0.25) is 4.79 Å². The molecule has 0 radical (unpaired) electrons. The lowest BCUT2D eigenvalue weighted by molar-refractivity contribution is -0.377. The van der Waals surface area contributed by atoms with Crippen molar-refractivity contribution in [3.8, 4) is 0 Å². The predicted molar refractivity (Wildman–Crippen MR) is 126 cm³/mol. The van der Waals surface area contributed by atoms with E-state index in [1.54, 1.807) is 0 Å². The minimum atomic E-state index is -2.45. The Morgan fingerprint density at radius 2 is 1.64 bits per heavy atom. The molecule has 4 aliphatic rings. The summed E-state index contributed by atoms with van der Waals surface area (Å²) in [5.41, 5.74) is 0. The molecule has 4 heterocycles. The Morgan fingerprint density at radius 3 is 2.24 bits per heavy atom. The monoisotopic (exact) mass is 615 g/mol. The van der Waals surface area contributed by atoms with Crippen LogP contribution in [0.15, 0.2) is 0 Å². The van der Waals surface area contributed by atoms with E-state index in [0.717, 1.165) is 6.92 Å². The highest BCUT2D eigenvalue weighted by Gasteiger charge is 2.65. The number of hydrogen-bond acceptors (Lipinski definition) is 18. The molecule has 242 valence electrons. The minimum Gasteiger partial charge on any atom is -0.456 e. The number of carbonyl (C=O) groups excluding carboxylic acids is 2. The summed E-state index contributed by atoms with van der Waals surface area (Å²) >= 11 is 0. The number of amides is 1. The molecule has 0 unspecified atom stereocenters. The number of ether oxygens (including phenoxy) is 6. The van der Waals surface area contributed by atoms with Crippen molar-refractivity contribution in [2.24, 2.45) is 0 Å². The Balaban J connectivity index is 1.60. The van der Waals surface area contributed by atoms with E-state index >= 15 is 0 Å². The highest BCUT2D eigenvalue weighted by atomic mass is 16.8. The standard InChI is InChI=1S/C23H37NO18/c1-6(28)24-11-8-2-23(22(36)39-8,41-18(11)12(30)7(29)3-25)42-19-13(31)9(4-26)38-21(16(19)34)40-17-10(5-27)37-20(35)15(33)14(17)32/h7-21,25-27,29-35H,2-5H2,1H3,(H,24,28)/t7-,8+,9-,10-,11-,12+,13+,14-,15-,16-,17-,18-,19+,20-,21+,23+/m1/s1. The van der Waals surface area contributed by atoms with Gasteiger partial charge in [0.1, 0.15) is 73.2 Å². The molecular formula is C23H37NO18. The number of carbonyl (C=O) groups is 2. The first-order valence-corrected chi connectivity index (χ1v) is 13.2. The molecular weight excluding hydrogens is 578 g/mol. The van der Waals surface area contributed by atoms with Crippen LogP contribution in [0.2, 0.25) is 0 Å². The Kier molecular flexibility index (Phi) is 10.4. The van der Waals surface area contributed by atoms with Crippen molar-refractivity contribution < 1.29 is 89.1 Å².